The Kier molecular flexibility index (Phi) is 5.03. The molecule has 0 spiro atoms. The van der Waals surface area contributed by atoms with Crippen LogP contribution >= 0.6 is 12.2 Å². The molecule has 1 amide bonds. The number of hydrogen-bond donors (Lipinski definition) is 1. The summed E-state index contributed by atoms with van der Waals surface area (Å²) in [5, 5.41) is 0. The van der Waals surface area contributed by atoms with Crippen LogP contribution in [0.1, 0.15) is 12.0 Å². The molecule has 6 heteroatoms. The number of rotatable bonds is 5. The third kappa shape index (κ3) is 3.66. The molecule has 0 radical (unpaired) electrons. The van der Waals surface area contributed by atoms with Crippen molar-refractivity contribution in [3.8, 4) is 5.75 Å². The van der Waals surface area contributed by atoms with Crippen molar-refractivity contribution in [1.82, 2.24) is 4.90 Å². The summed E-state index contributed by atoms with van der Waals surface area (Å²) in [6.45, 7) is 0.149. The predicted molar refractivity (Wildman–Crippen MR) is 71.1 cm³/mol. The Hall–Kier alpha value is -1.69. The molecule has 0 aliphatic carbocycles. The zero-order chi connectivity index (χ0) is 13.7. The van der Waals surface area contributed by atoms with E-state index >= 15 is 0 Å². The second-order valence-electron chi connectivity index (χ2n) is 3.86. The molecule has 2 N–H and O–H groups in total. The fourth-order valence-electron chi connectivity index (χ4n) is 1.34. The van der Waals surface area contributed by atoms with Gasteiger partial charge in [-0.05, 0) is 12.1 Å². The van der Waals surface area contributed by atoms with Gasteiger partial charge in [-0.15, -0.1) is 0 Å². The van der Waals surface area contributed by atoms with Crippen molar-refractivity contribution in [3.05, 3.63) is 29.6 Å². The maximum absolute atomic E-state index is 13.5. The Balaban J connectivity index is 2.71. The summed E-state index contributed by atoms with van der Waals surface area (Å²) in [5.41, 5.74) is 5.51. The number of nitrogens with zero attached hydrogens (tertiary/aromatic N) is 1. The quantitative estimate of drug-likeness (QED) is 0.820. The maximum atomic E-state index is 13.5. The molecule has 0 fully saturated rings. The number of carbonyl (C=O) groups excluding carboxylic acids is 1. The molecule has 0 aromatic heterocycles. The smallest absolute Gasteiger partial charge is 0.225 e. The van der Waals surface area contributed by atoms with Gasteiger partial charge in [0.25, 0.3) is 0 Å². The Morgan fingerprint density at radius 3 is 2.72 bits per heavy atom. The number of ether oxygens (including phenoxy) is 1. The fraction of sp³-hybridized carbons (Fsp3) is 0.333. The molecule has 0 unspecified atom stereocenters. The molecule has 4 nitrogen and oxygen atoms in total. The van der Waals surface area contributed by atoms with Crippen LogP contribution in [0.2, 0.25) is 0 Å². The van der Waals surface area contributed by atoms with Crippen LogP contribution in [-0.2, 0) is 4.79 Å². The summed E-state index contributed by atoms with van der Waals surface area (Å²) < 4.78 is 18.8. The van der Waals surface area contributed by atoms with Gasteiger partial charge in [-0.25, -0.2) is 4.39 Å². The standard InChI is InChI=1S/C12H15FN2O2S/c1-15(2)10(16)6-7-17-9-5-3-4-8(13)11(9)12(14)18/h3-5H,6-7H2,1-2H3,(H2,14,18). The van der Waals surface area contributed by atoms with E-state index in [-0.39, 0.29) is 35.2 Å². The van der Waals surface area contributed by atoms with E-state index in [1.807, 2.05) is 0 Å². The molecule has 0 saturated heterocycles. The number of amides is 1. The minimum absolute atomic E-state index is 0.0664. The van der Waals surface area contributed by atoms with Crippen LogP contribution in [0.15, 0.2) is 18.2 Å². The molecule has 98 valence electrons. The molecule has 0 atom stereocenters. The van der Waals surface area contributed by atoms with Crippen LogP contribution in [-0.4, -0.2) is 36.5 Å². The van der Waals surface area contributed by atoms with Crippen LogP contribution in [0.4, 0.5) is 4.39 Å². The second kappa shape index (κ2) is 6.30. The van der Waals surface area contributed by atoms with Gasteiger partial charge < -0.3 is 15.4 Å². The first kappa shape index (κ1) is 14.4. The second-order valence-corrected chi connectivity index (χ2v) is 4.30. The van der Waals surface area contributed by atoms with Gasteiger partial charge >= 0.3 is 0 Å². The number of hydrogen-bond acceptors (Lipinski definition) is 3. The van der Waals surface area contributed by atoms with E-state index in [0.717, 1.165) is 0 Å². The van der Waals surface area contributed by atoms with Crippen molar-refractivity contribution in [2.75, 3.05) is 20.7 Å². The van der Waals surface area contributed by atoms with Gasteiger partial charge in [0.1, 0.15) is 16.6 Å². The SMILES string of the molecule is CN(C)C(=O)CCOc1cccc(F)c1C(N)=S. The van der Waals surface area contributed by atoms with Crippen molar-refractivity contribution in [2.24, 2.45) is 5.73 Å². The van der Waals surface area contributed by atoms with Crippen LogP contribution in [0.25, 0.3) is 0 Å². The first-order chi connectivity index (χ1) is 8.43. The highest BCUT2D eigenvalue weighted by molar-refractivity contribution is 7.80. The molecule has 0 bridgehead atoms. The third-order valence-corrected chi connectivity index (χ3v) is 2.50. The predicted octanol–water partition coefficient (Wildman–Crippen LogP) is 1.32. The lowest BCUT2D eigenvalue weighted by Crippen LogP contribution is -2.23. The highest BCUT2D eigenvalue weighted by Crippen LogP contribution is 2.21. The van der Waals surface area contributed by atoms with Gasteiger partial charge in [0, 0.05) is 14.1 Å². The summed E-state index contributed by atoms with van der Waals surface area (Å²) in [6, 6.07) is 4.32. The third-order valence-electron chi connectivity index (χ3n) is 2.29. The summed E-state index contributed by atoms with van der Waals surface area (Å²) in [6.07, 6.45) is 0.209. The molecule has 1 aromatic carbocycles. The number of thiocarbonyl (C=S) groups is 1. The number of nitrogens with two attached hydrogens (primary N) is 1. The topological polar surface area (TPSA) is 55.6 Å². The zero-order valence-electron chi connectivity index (χ0n) is 10.3. The van der Waals surface area contributed by atoms with E-state index in [0.29, 0.717) is 0 Å². The normalized spacial score (nSPS) is 9.94. The summed E-state index contributed by atoms with van der Waals surface area (Å²) in [5.74, 6) is -0.337. The van der Waals surface area contributed by atoms with Gasteiger partial charge in [-0.2, -0.15) is 0 Å². The van der Waals surface area contributed by atoms with Crippen molar-refractivity contribution < 1.29 is 13.9 Å². The largest absolute Gasteiger partial charge is 0.492 e. The lowest BCUT2D eigenvalue weighted by Gasteiger charge is -2.13. The van der Waals surface area contributed by atoms with E-state index in [4.69, 9.17) is 22.7 Å². The van der Waals surface area contributed by atoms with Crippen molar-refractivity contribution in [2.45, 2.75) is 6.42 Å². The van der Waals surface area contributed by atoms with Gasteiger partial charge in [0.05, 0.1) is 18.6 Å². The molecular weight excluding hydrogens is 255 g/mol. The van der Waals surface area contributed by atoms with E-state index in [1.54, 1.807) is 20.2 Å². The van der Waals surface area contributed by atoms with Crippen molar-refractivity contribution in [1.29, 1.82) is 0 Å². The molecular formula is C12H15FN2O2S. The average Bonchev–Trinajstić information content (AvgIpc) is 2.28. The molecule has 1 aromatic rings. The van der Waals surface area contributed by atoms with Crippen LogP contribution in [0.5, 0.6) is 5.75 Å². The zero-order valence-corrected chi connectivity index (χ0v) is 11.1. The van der Waals surface area contributed by atoms with Crippen LogP contribution in [0.3, 0.4) is 0 Å². The van der Waals surface area contributed by atoms with Crippen LogP contribution in [0, 0.1) is 5.82 Å². The first-order valence-corrected chi connectivity index (χ1v) is 5.75. The number of benzene rings is 1. The van der Waals surface area contributed by atoms with E-state index in [2.05, 4.69) is 0 Å². The van der Waals surface area contributed by atoms with E-state index < -0.39 is 5.82 Å². The Bertz CT molecular complexity index is 463. The lowest BCUT2D eigenvalue weighted by molar-refractivity contribution is -0.129. The number of halogens is 1. The molecule has 0 heterocycles. The maximum Gasteiger partial charge on any atom is 0.225 e. The van der Waals surface area contributed by atoms with E-state index in [1.165, 1.54) is 17.0 Å². The fourth-order valence-corrected chi connectivity index (χ4v) is 1.53. The highest BCUT2D eigenvalue weighted by Gasteiger charge is 2.13. The van der Waals surface area contributed by atoms with Crippen molar-refractivity contribution in [3.63, 3.8) is 0 Å². The monoisotopic (exact) mass is 270 g/mol. The minimum Gasteiger partial charge on any atom is -0.492 e. The van der Waals surface area contributed by atoms with Crippen LogP contribution < -0.4 is 10.5 Å². The van der Waals surface area contributed by atoms with Gasteiger partial charge in [0.2, 0.25) is 5.91 Å². The minimum atomic E-state index is -0.529. The summed E-state index contributed by atoms with van der Waals surface area (Å²) in [4.78, 5) is 12.7. The van der Waals surface area contributed by atoms with Gasteiger partial charge in [-0.3, -0.25) is 4.79 Å². The first-order valence-electron chi connectivity index (χ1n) is 5.34. The molecule has 18 heavy (non-hydrogen) atoms. The van der Waals surface area contributed by atoms with Crippen molar-refractivity contribution >= 4 is 23.1 Å². The summed E-state index contributed by atoms with van der Waals surface area (Å²) in [7, 11) is 3.32. The Morgan fingerprint density at radius 2 is 2.17 bits per heavy atom. The molecule has 0 aliphatic heterocycles. The van der Waals surface area contributed by atoms with E-state index in [9.17, 15) is 9.18 Å². The van der Waals surface area contributed by atoms with Gasteiger partial charge in [0.15, 0.2) is 0 Å². The molecule has 0 aliphatic rings. The average molecular weight is 270 g/mol. The Labute approximate surface area is 111 Å². The molecule has 1 rings (SSSR count). The summed E-state index contributed by atoms with van der Waals surface area (Å²) >= 11 is 4.76. The number of carbonyl (C=O) groups is 1. The highest BCUT2D eigenvalue weighted by atomic mass is 32.1. The van der Waals surface area contributed by atoms with Gasteiger partial charge in [-0.1, -0.05) is 18.3 Å². The molecule has 0 saturated carbocycles. The Morgan fingerprint density at radius 1 is 1.50 bits per heavy atom. The lowest BCUT2D eigenvalue weighted by atomic mass is 10.2.